The number of aromatic nitrogens is 2. The van der Waals surface area contributed by atoms with Gasteiger partial charge in [0.15, 0.2) is 4.34 Å². The van der Waals surface area contributed by atoms with E-state index in [2.05, 4.69) is 20.8 Å². The third-order valence-corrected chi connectivity index (χ3v) is 5.16. The third kappa shape index (κ3) is 5.42. The van der Waals surface area contributed by atoms with Gasteiger partial charge in [-0.3, -0.25) is 4.79 Å². The Morgan fingerprint density at radius 1 is 1.16 bits per heavy atom. The second-order valence-electron chi connectivity index (χ2n) is 4.85. The zero-order valence-electron chi connectivity index (χ0n) is 12.7. The third-order valence-electron chi connectivity index (χ3n) is 2.94. The fourth-order valence-corrected chi connectivity index (χ4v) is 3.56. The summed E-state index contributed by atoms with van der Waals surface area (Å²) in [4.78, 5) is 11.9. The predicted octanol–water partition coefficient (Wildman–Crippen LogP) is 4.81. The first kappa shape index (κ1) is 17.7. The molecule has 2 aromatic carbocycles. The van der Waals surface area contributed by atoms with Gasteiger partial charge in [0.05, 0.1) is 5.75 Å². The summed E-state index contributed by atoms with van der Waals surface area (Å²) in [6, 6.07) is 13.0. The van der Waals surface area contributed by atoms with Crippen molar-refractivity contribution in [3.8, 4) is 0 Å². The number of hydrogen-bond acceptors (Lipinski definition) is 6. The molecular formula is C16H12ClFN4OS2. The highest BCUT2D eigenvalue weighted by Crippen LogP contribution is 2.28. The topological polar surface area (TPSA) is 66.9 Å². The molecule has 0 saturated heterocycles. The summed E-state index contributed by atoms with van der Waals surface area (Å²) >= 11 is 8.37. The molecule has 3 rings (SSSR count). The van der Waals surface area contributed by atoms with Crippen molar-refractivity contribution in [3.05, 3.63) is 59.4 Å². The Hall–Kier alpha value is -2.16. The minimum Gasteiger partial charge on any atom is -0.330 e. The number of benzene rings is 2. The lowest BCUT2D eigenvalue weighted by Crippen LogP contribution is -2.13. The van der Waals surface area contributed by atoms with E-state index in [1.807, 2.05) is 0 Å². The van der Waals surface area contributed by atoms with Gasteiger partial charge in [0, 0.05) is 16.4 Å². The molecule has 25 heavy (non-hydrogen) atoms. The second-order valence-corrected chi connectivity index (χ2v) is 7.49. The van der Waals surface area contributed by atoms with Gasteiger partial charge in [0.1, 0.15) is 5.82 Å². The van der Waals surface area contributed by atoms with Crippen LogP contribution in [0.3, 0.4) is 0 Å². The molecule has 0 unspecified atom stereocenters. The maximum atomic E-state index is 13.2. The lowest BCUT2D eigenvalue weighted by Gasteiger charge is -2.03. The zero-order valence-corrected chi connectivity index (χ0v) is 15.1. The van der Waals surface area contributed by atoms with Gasteiger partial charge in [0.25, 0.3) is 0 Å². The summed E-state index contributed by atoms with van der Waals surface area (Å²) in [5.74, 6) is -0.276. The molecule has 0 bridgehead atoms. The van der Waals surface area contributed by atoms with Crippen molar-refractivity contribution in [1.29, 1.82) is 0 Å². The lowest BCUT2D eigenvalue weighted by molar-refractivity contribution is -0.113. The number of thioether (sulfide) groups is 1. The van der Waals surface area contributed by atoms with Crippen LogP contribution in [-0.4, -0.2) is 21.9 Å². The van der Waals surface area contributed by atoms with Crippen molar-refractivity contribution in [2.45, 2.75) is 4.34 Å². The Balaban J connectivity index is 1.51. The van der Waals surface area contributed by atoms with Gasteiger partial charge in [-0.05, 0) is 42.5 Å². The highest BCUT2D eigenvalue weighted by molar-refractivity contribution is 8.01. The molecule has 1 aromatic heterocycles. The van der Waals surface area contributed by atoms with Gasteiger partial charge in [-0.1, -0.05) is 40.8 Å². The summed E-state index contributed by atoms with van der Waals surface area (Å²) < 4.78 is 13.8. The molecule has 0 atom stereocenters. The highest BCUT2D eigenvalue weighted by Gasteiger charge is 2.09. The van der Waals surface area contributed by atoms with Gasteiger partial charge >= 0.3 is 0 Å². The number of carbonyl (C=O) groups excluding carboxylic acids is 1. The number of amides is 1. The minimum atomic E-state index is -0.331. The predicted molar refractivity (Wildman–Crippen MR) is 100 cm³/mol. The SMILES string of the molecule is O=C(CSc1nnc(Nc2cccc(F)c2)s1)Nc1ccc(Cl)cc1. The molecule has 0 aliphatic rings. The average Bonchev–Trinajstić information content (AvgIpc) is 3.03. The van der Waals surface area contributed by atoms with E-state index in [1.165, 1.54) is 35.2 Å². The quantitative estimate of drug-likeness (QED) is 0.587. The Morgan fingerprint density at radius 3 is 2.72 bits per heavy atom. The van der Waals surface area contributed by atoms with E-state index in [9.17, 15) is 9.18 Å². The normalized spacial score (nSPS) is 10.5. The summed E-state index contributed by atoms with van der Waals surface area (Å²) in [5.41, 5.74) is 1.27. The monoisotopic (exact) mass is 394 g/mol. The molecule has 5 nitrogen and oxygen atoms in total. The molecule has 0 spiro atoms. The maximum Gasteiger partial charge on any atom is 0.234 e. The van der Waals surface area contributed by atoms with Crippen molar-refractivity contribution in [2.75, 3.05) is 16.4 Å². The molecule has 2 N–H and O–H groups in total. The second kappa shape index (κ2) is 8.28. The average molecular weight is 395 g/mol. The van der Waals surface area contributed by atoms with Crippen LogP contribution in [-0.2, 0) is 4.79 Å². The van der Waals surface area contributed by atoms with E-state index < -0.39 is 0 Å². The Labute approximate surface area is 156 Å². The summed E-state index contributed by atoms with van der Waals surface area (Å²) in [6.07, 6.45) is 0. The number of halogens is 2. The Morgan fingerprint density at radius 2 is 1.96 bits per heavy atom. The van der Waals surface area contributed by atoms with Gasteiger partial charge < -0.3 is 10.6 Å². The van der Waals surface area contributed by atoms with Gasteiger partial charge in [0.2, 0.25) is 11.0 Å². The molecule has 1 heterocycles. The Kier molecular flexibility index (Phi) is 5.85. The number of hydrogen-bond donors (Lipinski definition) is 2. The van der Waals surface area contributed by atoms with Crippen LogP contribution in [0, 0.1) is 5.82 Å². The molecule has 0 aliphatic heterocycles. The van der Waals surface area contributed by atoms with Gasteiger partial charge in [-0.15, -0.1) is 10.2 Å². The van der Waals surface area contributed by atoms with Crippen LogP contribution in [0.2, 0.25) is 5.02 Å². The van der Waals surface area contributed by atoms with E-state index in [0.717, 1.165) is 0 Å². The van der Waals surface area contributed by atoms with Crippen LogP contribution in [0.1, 0.15) is 0 Å². The molecule has 1 amide bonds. The van der Waals surface area contributed by atoms with E-state index >= 15 is 0 Å². The first-order valence-electron chi connectivity index (χ1n) is 7.13. The van der Waals surface area contributed by atoms with Crippen LogP contribution in [0.25, 0.3) is 0 Å². The molecule has 0 saturated carbocycles. The summed E-state index contributed by atoms with van der Waals surface area (Å²) in [5, 5.41) is 14.9. The summed E-state index contributed by atoms with van der Waals surface area (Å²) in [6.45, 7) is 0. The zero-order chi connectivity index (χ0) is 17.6. The highest BCUT2D eigenvalue weighted by atomic mass is 35.5. The van der Waals surface area contributed by atoms with E-state index in [0.29, 0.717) is 25.9 Å². The smallest absolute Gasteiger partial charge is 0.234 e. The number of nitrogens with one attached hydrogen (secondary N) is 2. The first-order chi connectivity index (χ1) is 12.1. The van der Waals surface area contributed by atoms with Gasteiger partial charge in [-0.25, -0.2) is 4.39 Å². The van der Waals surface area contributed by atoms with Crippen molar-refractivity contribution in [2.24, 2.45) is 0 Å². The molecule has 0 fully saturated rings. The molecule has 0 radical (unpaired) electrons. The maximum absolute atomic E-state index is 13.2. The number of nitrogens with zero attached hydrogens (tertiary/aromatic N) is 2. The fraction of sp³-hybridized carbons (Fsp3) is 0.0625. The van der Waals surface area contributed by atoms with E-state index in [4.69, 9.17) is 11.6 Å². The van der Waals surface area contributed by atoms with E-state index in [-0.39, 0.29) is 17.5 Å². The van der Waals surface area contributed by atoms with Crippen LogP contribution in [0.5, 0.6) is 0 Å². The van der Waals surface area contributed by atoms with Crippen LogP contribution in [0.15, 0.2) is 52.9 Å². The number of carbonyl (C=O) groups is 1. The molecule has 128 valence electrons. The van der Waals surface area contributed by atoms with Crippen molar-refractivity contribution in [3.63, 3.8) is 0 Å². The Bertz CT molecular complexity index is 873. The van der Waals surface area contributed by atoms with Crippen LogP contribution < -0.4 is 10.6 Å². The van der Waals surface area contributed by atoms with Crippen LogP contribution >= 0.6 is 34.7 Å². The number of anilines is 3. The van der Waals surface area contributed by atoms with Crippen molar-refractivity contribution >= 4 is 57.1 Å². The standard InChI is InChI=1S/C16H12ClFN4OS2/c17-10-4-6-12(7-5-10)19-14(23)9-24-16-22-21-15(25-16)20-13-3-1-2-11(18)8-13/h1-8H,9H2,(H,19,23)(H,20,21). The minimum absolute atomic E-state index is 0.151. The van der Waals surface area contributed by atoms with E-state index in [1.54, 1.807) is 36.4 Å². The fourth-order valence-electron chi connectivity index (χ4n) is 1.87. The first-order valence-corrected chi connectivity index (χ1v) is 9.31. The molecule has 0 aliphatic carbocycles. The van der Waals surface area contributed by atoms with Crippen molar-refractivity contribution in [1.82, 2.24) is 10.2 Å². The summed E-state index contributed by atoms with van der Waals surface area (Å²) in [7, 11) is 0. The van der Waals surface area contributed by atoms with Crippen molar-refractivity contribution < 1.29 is 9.18 Å². The molecular weight excluding hydrogens is 383 g/mol. The largest absolute Gasteiger partial charge is 0.330 e. The lowest BCUT2D eigenvalue weighted by atomic mass is 10.3. The van der Waals surface area contributed by atoms with Crippen LogP contribution in [0.4, 0.5) is 20.9 Å². The molecule has 9 heteroatoms. The molecule has 3 aromatic rings. The number of rotatable bonds is 6. The van der Waals surface area contributed by atoms with Gasteiger partial charge in [-0.2, -0.15) is 0 Å².